The zero-order valence-electron chi connectivity index (χ0n) is 12.9. The van der Waals surface area contributed by atoms with Gasteiger partial charge in [-0.25, -0.2) is 27.1 Å². The van der Waals surface area contributed by atoms with Crippen molar-refractivity contribution in [1.29, 1.82) is 0 Å². The molecule has 1 aliphatic rings. The highest BCUT2D eigenvalue weighted by atomic mass is 32.2. The van der Waals surface area contributed by atoms with Crippen LogP contribution in [0.5, 0.6) is 0 Å². The third kappa shape index (κ3) is 3.03. The Balaban J connectivity index is 2.26. The van der Waals surface area contributed by atoms with Crippen molar-refractivity contribution in [2.75, 3.05) is 6.61 Å². The number of halogens is 2. The van der Waals surface area contributed by atoms with E-state index in [1.807, 2.05) is 0 Å². The summed E-state index contributed by atoms with van der Waals surface area (Å²) in [6.07, 6.45) is 1.53. The SMILES string of the molecule is Cc1ncccc1C1=C(c2cc(F)c(S(N)(=O)=O)cc2F)COC1=O. The maximum atomic E-state index is 14.4. The van der Waals surface area contributed by atoms with Crippen molar-refractivity contribution in [3.63, 3.8) is 0 Å². The van der Waals surface area contributed by atoms with Gasteiger partial charge in [-0.3, -0.25) is 4.98 Å². The molecule has 0 aliphatic carbocycles. The highest BCUT2D eigenvalue weighted by molar-refractivity contribution is 7.89. The number of rotatable bonds is 3. The lowest BCUT2D eigenvalue weighted by Crippen LogP contribution is -2.15. The van der Waals surface area contributed by atoms with Crippen molar-refractivity contribution in [3.8, 4) is 0 Å². The lowest BCUT2D eigenvalue weighted by Gasteiger charge is -2.09. The number of hydrogen-bond donors (Lipinski definition) is 1. The number of aryl methyl sites for hydroxylation is 1. The predicted molar refractivity (Wildman–Crippen MR) is 84.5 cm³/mol. The number of hydrogen-bond acceptors (Lipinski definition) is 5. The Morgan fingerprint density at radius 3 is 2.56 bits per heavy atom. The molecule has 0 spiro atoms. The van der Waals surface area contributed by atoms with Gasteiger partial charge in [-0.05, 0) is 25.1 Å². The summed E-state index contributed by atoms with van der Waals surface area (Å²) in [6.45, 7) is 1.39. The van der Waals surface area contributed by atoms with Crippen LogP contribution in [-0.4, -0.2) is 26.0 Å². The highest BCUT2D eigenvalue weighted by Crippen LogP contribution is 2.36. The molecule has 1 aromatic heterocycles. The normalized spacial score (nSPS) is 14.8. The maximum absolute atomic E-state index is 14.4. The van der Waals surface area contributed by atoms with Crippen molar-refractivity contribution in [1.82, 2.24) is 4.98 Å². The maximum Gasteiger partial charge on any atom is 0.339 e. The first-order valence-corrected chi connectivity index (χ1v) is 8.59. The van der Waals surface area contributed by atoms with Crippen LogP contribution >= 0.6 is 0 Å². The fourth-order valence-corrected chi connectivity index (χ4v) is 3.22. The number of sulfonamides is 1. The molecule has 1 aliphatic heterocycles. The van der Waals surface area contributed by atoms with Gasteiger partial charge >= 0.3 is 5.97 Å². The molecule has 0 unspecified atom stereocenters. The van der Waals surface area contributed by atoms with E-state index in [1.165, 1.54) is 6.20 Å². The number of benzene rings is 1. The predicted octanol–water partition coefficient (Wildman–Crippen LogP) is 1.78. The van der Waals surface area contributed by atoms with E-state index in [-0.39, 0.29) is 23.3 Å². The topological polar surface area (TPSA) is 99.3 Å². The summed E-state index contributed by atoms with van der Waals surface area (Å²) in [5.74, 6) is -2.94. The van der Waals surface area contributed by atoms with Crippen LogP contribution in [-0.2, 0) is 19.6 Å². The van der Waals surface area contributed by atoms with Gasteiger partial charge in [0.25, 0.3) is 0 Å². The van der Waals surface area contributed by atoms with E-state index < -0.39 is 32.5 Å². The van der Waals surface area contributed by atoms with Crippen molar-refractivity contribution in [2.45, 2.75) is 11.8 Å². The third-order valence-corrected chi connectivity index (χ3v) is 4.71. The van der Waals surface area contributed by atoms with E-state index in [0.717, 1.165) is 0 Å². The van der Waals surface area contributed by atoms with E-state index in [0.29, 0.717) is 23.4 Å². The minimum atomic E-state index is -4.42. The molecule has 3 rings (SSSR count). The summed E-state index contributed by atoms with van der Waals surface area (Å²) in [4.78, 5) is 15.2. The van der Waals surface area contributed by atoms with E-state index >= 15 is 0 Å². The van der Waals surface area contributed by atoms with Gasteiger partial charge in [0.2, 0.25) is 10.0 Å². The Morgan fingerprint density at radius 1 is 1.20 bits per heavy atom. The number of ether oxygens (including phenoxy) is 1. The summed E-state index contributed by atoms with van der Waals surface area (Å²) < 4.78 is 56.1. The van der Waals surface area contributed by atoms with Crippen LogP contribution in [0.2, 0.25) is 0 Å². The van der Waals surface area contributed by atoms with Crippen LogP contribution in [0.3, 0.4) is 0 Å². The van der Waals surface area contributed by atoms with E-state index in [4.69, 9.17) is 9.88 Å². The number of nitrogens with zero attached hydrogens (tertiary/aromatic N) is 1. The number of pyridine rings is 1. The van der Waals surface area contributed by atoms with E-state index in [1.54, 1.807) is 19.1 Å². The summed E-state index contributed by atoms with van der Waals surface area (Å²) in [7, 11) is -4.42. The number of esters is 1. The smallest absolute Gasteiger partial charge is 0.339 e. The molecular formula is C16H12F2N2O4S. The molecule has 0 saturated carbocycles. The molecule has 2 heterocycles. The number of cyclic esters (lactones) is 1. The first kappa shape index (κ1) is 17.2. The summed E-state index contributed by atoms with van der Waals surface area (Å²) in [5, 5.41) is 4.86. The molecule has 0 bridgehead atoms. The second-order valence-electron chi connectivity index (χ2n) is 5.37. The molecule has 130 valence electrons. The second kappa shape index (κ2) is 6.01. The zero-order chi connectivity index (χ0) is 18.4. The number of carbonyl (C=O) groups excluding carboxylic acids is 1. The van der Waals surface area contributed by atoms with Crippen LogP contribution in [0.4, 0.5) is 8.78 Å². The molecule has 0 saturated heterocycles. The average molecular weight is 366 g/mol. The van der Waals surface area contributed by atoms with Crippen molar-refractivity contribution < 1.29 is 26.7 Å². The lowest BCUT2D eigenvalue weighted by atomic mass is 9.95. The van der Waals surface area contributed by atoms with Crippen LogP contribution in [0.25, 0.3) is 11.1 Å². The van der Waals surface area contributed by atoms with Gasteiger partial charge in [0.05, 0.1) is 5.57 Å². The van der Waals surface area contributed by atoms with E-state index in [9.17, 15) is 22.0 Å². The number of carbonyl (C=O) groups is 1. The Morgan fingerprint density at radius 2 is 1.92 bits per heavy atom. The summed E-state index contributed by atoms with van der Waals surface area (Å²) in [5.41, 5.74) is 0.839. The minimum Gasteiger partial charge on any atom is -0.457 e. The Bertz CT molecular complexity index is 1030. The van der Waals surface area contributed by atoms with Gasteiger partial charge in [0.1, 0.15) is 23.1 Å². The molecule has 1 aromatic carbocycles. The molecule has 0 fully saturated rings. The van der Waals surface area contributed by atoms with Gasteiger partial charge in [-0.15, -0.1) is 0 Å². The van der Waals surface area contributed by atoms with Gasteiger partial charge in [0, 0.05) is 28.6 Å². The first-order valence-electron chi connectivity index (χ1n) is 7.04. The lowest BCUT2D eigenvalue weighted by molar-refractivity contribution is -0.133. The van der Waals surface area contributed by atoms with Crippen LogP contribution in [0.15, 0.2) is 35.4 Å². The number of aromatic nitrogens is 1. The third-order valence-electron chi connectivity index (χ3n) is 3.78. The summed E-state index contributed by atoms with van der Waals surface area (Å²) in [6, 6.07) is 4.39. The van der Waals surface area contributed by atoms with Crippen molar-refractivity contribution in [2.24, 2.45) is 5.14 Å². The largest absolute Gasteiger partial charge is 0.457 e. The first-order chi connectivity index (χ1) is 11.7. The molecular weight excluding hydrogens is 354 g/mol. The van der Waals surface area contributed by atoms with Gasteiger partial charge < -0.3 is 4.74 Å². The van der Waals surface area contributed by atoms with Crippen LogP contribution in [0, 0.1) is 18.6 Å². The van der Waals surface area contributed by atoms with E-state index in [2.05, 4.69) is 4.98 Å². The average Bonchev–Trinajstić information content (AvgIpc) is 2.90. The monoisotopic (exact) mass is 366 g/mol. The van der Waals surface area contributed by atoms with Gasteiger partial charge in [0.15, 0.2) is 0 Å². The molecule has 0 atom stereocenters. The highest BCUT2D eigenvalue weighted by Gasteiger charge is 2.31. The molecule has 0 amide bonds. The standard InChI is InChI=1S/C16H12F2N2O4S/c1-8-9(3-2-4-20-8)15-11(7-24-16(15)21)10-5-13(18)14(6-12(10)17)25(19,22)23/h2-6H,7H2,1H3,(H2,19,22,23). The second-order valence-corrected chi connectivity index (χ2v) is 6.90. The fourth-order valence-electron chi connectivity index (χ4n) is 2.62. The van der Waals surface area contributed by atoms with Gasteiger partial charge in [-0.2, -0.15) is 0 Å². The van der Waals surface area contributed by atoms with Gasteiger partial charge in [-0.1, -0.05) is 6.07 Å². The minimum absolute atomic E-state index is 0.0623. The van der Waals surface area contributed by atoms with Crippen LogP contribution in [0.1, 0.15) is 16.8 Å². The Labute approximate surface area is 142 Å². The Hall–Kier alpha value is -2.65. The fraction of sp³-hybridized carbons (Fsp3) is 0.125. The molecule has 0 radical (unpaired) electrons. The number of primary sulfonamides is 1. The molecule has 6 nitrogen and oxygen atoms in total. The molecule has 25 heavy (non-hydrogen) atoms. The molecule has 2 N–H and O–H groups in total. The van der Waals surface area contributed by atoms with Crippen molar-refractivity contribution >= 4 is 27.1 Å². The molecule has 2 aromatic rings. The number of nitrogens with two attached hydrogens (primary N) is 1. The summed E-state index contributed by atoms with van der Waals surface area (Å²) >= 11 is 0. The van der Waals surface area contributed by atoms with Crippen LogP contribution < -0.4 is 5.14 Å². The zero-order valence-corrected chi connectivity index (χ0v) is 13.7. The quantitative estimate of drug-likeness (QED) is 0.835. The Kier molecular flexibility index (Phi) is 4.13. The molecule has 9 heteroatoms. The van der Waals surface area contributed by atoms with Crippen molar-refractivity contribution in [3.05, 3.63) is 58.9 Å².